The van der Waals surface area contributed by atoms with E-state index in [2.05, 4.69) is 38.1 Å². The van der Waals surface area contributed by atoms with Crippen LogP contribution in [-0.4, -0.2) is 5.75 Å². The molecule has 1 nitrogen and oxygen atoms in total. The van der Waals surface area contributed by atoms with Gasteiger partial charge in [0.05, 0.1) is 0 Å². The Bertz CT molecular complexity index is 268. The van der Waals surface area contributed by atoms with E-state index in [1.54, 1.807) is 0 Å². The summed E-state index contributed by atoms with van der Waals surface area (Å²) in [5.74, 6) is 1.22. The van der Waals surface area contributed by atoms with Crippen molar-refractivity contribution in [3.05, 3.63) is 29.8 Å². The average molecular weight is 223 g/mol. The minimum absolute atomic E-state index is 0.194. The van der Waals surface area contributed by atoms with Gasteiger partial charge in [-0.15, -0.1) is 11.8 Å². The predicted octanol–water partition coefficient (Wildman–Crippen LogP) is 3.99. The maximum atomic E-state index is 5.96. The molecule has 0 fully saturated rings. The summed E-state index contributed by atoms with van der Waals surface area (Å²) < 4.78 is 0. The van der Waals surface area contributed by atoms with E-state index >= 15 is 0 Å². The van der Waals surface area contributed by atoms with Crippen molar-refractivity contribution >= 4 is 11.8 Å². The number of nitrogens with two attached hydrogens (primary N) is 1. The van der Waals surface area contributed by atoms with Crippen molar-refractivity contribution in [2.45, 2.75) is 44.0 Å². The second-order valence-electron chi connectivity index (χ2n) is 3.79. The molecule has 0 amide bonds. The highest BCUT2D eigenvalue weighted by molar-refractivity contribution is 7.99. The Labute approximate surface area is 97.4 Å². The largest absolute Gasteiger partial charge is 0.324 e. The number of benzene rings is 1. The zero-order chi connectivity index (χ0) is 11.1. The average Bonchev–Trinajstić information content (AvgIpc) is 2.29. The fraction of sp³-hybridized carbons (Fsp3) is 0.538. The van der Waals surface area contributed by atoms with E-state index in [1.807, 2.05) is 11.8 Å². The molecule has 0 aromatic heterocycles. The van der Waals surface area contributed by atoms with Gasteiger partial charge >= 0.3 is 0 Å². The Morgan fingerprint density at radius 2 is 1.87 bits per heavy atom. The lowest BCUT2D eigenvalue weighted by atomic mass is 10.1. The highest BCUT2D eigenvalue weighted by atomic mass is 32.2. The van der Waals surface area contributed by atoms with Gasteiger partial charge in [0.1, 0.15) is 0 Å². The van der Waals surface area contributed by atoms with Crippen LogP contribution in [0.25, 0.3) is 0 Å². The van der Waals surface area contributed by atoms with Gasteiger partial charge in [0.2, 0.25) is 0 Å². The first-order valence-corrected chi connectivity index (χ1v) is 6.74. The second-order valence-corrected chi connectivity index (χ2v) is 4.95. The molecule has 1 aromatic carbocycles. The monoisotopic (exact) mass is 223 g/mol. The van der Waals surface area contributed by atoms with Crippen LogP contribution < -0.4 is 5.73 Å². The molecule has 0 bridgehead atoms. The van der Waals surface area contributed by atoms with Crippen molar-refractivity contribution in [2.75, 3.05) is 5.75 Å². The number of hydrogen-bond acceptors (Lipinski definition) is 2. The minimum atomic E-state index is 0.194. The third-order valence-corrected chi connectivity index (χ3v) is 3.61. The lowest BCUT2D eigenvalue weighted by Crippen LogP contribution is -2.07. The van der Waals surface area contributed by atoms with Crippen LogP contribution in [0, 0.1) is 0 Å². The molecule has 0 saturated heterocycles. The first kappa shape index (κ1) is 12.6. The molecule has 84 valence electrons. The Hall–Kier alpha value is -0.470. The van der Waals surface area contributed by atoms with Crippen molar-refractivity contribution < 1.29 is 0 Å². The molecule has 2 N–H and O–H groups in total. The Balaban J connectivity index is 2.49. The zero-order valence-corrected chi connectivity index (χ0v) is 10.5. The SMILES string of the molecule is CCCCSc1ccc(C(N)CC)cc1. The number of hydrogen-bond donors (Lipinski definition) is 1. The van der Waals surface area contributed by atoms with E-state index in [1.165, 1.54) is 29.1 Å². The summed E-state index contributed by atoms with van der Waals surface area (Å²) in [7, 11) is 0. The van der Waals surface area contributed by atoms with Crippen LogP contribution in [0.2, 0.25) is 0 Å². The van der Waals surface area contributed by atoms with Crippen molar-refractivity contribution in [3.8, 4) is 0 Å². The van der Waals surface area contributed by atoms with E-state index in [4.69, 9.17) is 5.73 Å². The molecule has 0 spiro atoms. The van der Waals surface area contributed by atoms with E-state index in [0.717, 1.165) is 6.42 Å². The van der Waals surface area contributed by atoms with Gasteiger partial charge in [-0.2, -0.15) is 0 Å². The molecule has 1 unspecified atom stereocenters. The van der Waals surface area contributed by atoms with Crippen LogP contribution >= 0.6 is 11.8 Å². The maximum Gasteiger partial charge on any atom is 0.0292 e. The third kappa shape index (κ3) is 4.27. The van der Waals surface area contributed by atoms with Crippen LogP contribution in [0.1, 0.15) is 44.7 Å². The van der Waals surface area contributed by atoms with Crippen LogP contribution in [-0.2, 0) is 0 Å². The molecule has 0 radical (unpaired) electrons. The van der Waals surface area contributed by atoms with Crippen LogP contribution in [0.4, 0.5) is 0 Å². The molecule has 0 heterocycles. The van der Waals surface area contributed by atoms with Gasteiger partial charge in [-0.1, -0.05) is 32.4 Å². The summed E-state index contributed by atoms with van der Waals surface area (Å²) in [6.45, 7) is 4.35. The van der Waals surface area contributed by atoms with Gasteiger partial charge in [0, 0.05) is 10.9 Å². The summed E-state index contributed by atoms with van der Waals surface area (Å²) in [6.07, 6.45) is 3.56. The molecule has 1 atom stereocenters. The smallest absolute Gasteiger partial charge is 0.0292 e. The van der Waals surface area contributed by atoms with Crippen molar-refractivity contribution in [3.63, 3.8) is 0 Å². The topological polar surface area (TPSA) is 26.0 Å². The zero-order valence-electron chi connectivity index (χ0n) is 9.70. The van der Waals surface area contributed by atoms with Crippen molar-refractivity contribution in [1.29, 1.82) is 0 Å². The molecule has 1 rings (SSSR count). The lowest BCUT2D eigenvalue weighted by molar-refractivity contribution is 0.698. The molecule has 1 aromatic rings. The fourth-order valence-electron chi connectivity index (χ4n) is 1.38. The Morgan fingerprint density at radius 3 is 2.40 bits per heavy atom. The van der Waals surface area contributed by atoms with E-state index < -0.39 is 0 Å². The maximum absolute atomic E-state index is 5.96. The molecule has 2 heteroatoms. The lowest BCUT2D eigenvalue weighted by Gasteiger charge is -2.09. The summed E-state index contributed by atoms with van der Waals surface area (Å²) in [4.78, 5) is 1.36. The predicted molar refractivity (Wildman–Crippen MR) is 69.3 cm³/mol. The molecule has 0 aliphatic carbocycles. The van der Waals surface area contributed by atoms with E-state index in [9.17, 15) is 0 Å². The summed E-state index contributed by atoms with van der Waals surface area (Å²) in [5.41, 5.74) is 7.21. The van der Waals surface area contributed by atoms with Crippen molar-refractivity contribution in [1.82, 2.24) is 0 Å². The number of rotatable bonds is 6. The summed E-state index contributed by atoms with van der Waals surface area (Å²) in [6, 6.07) is 8.88. The summed E-state index contributed by atoms with van der Waals surface area (Å²) >= 11 is 1.93. The summed E-state index contributed by atoms with van der Waals surface area (Å²) in [5, 5.41) is 0. The Kier molecular flexibility index (Phi) is 5.81. The third-order valence-electron chi connectivity index (χ3n) is 2.51. The first-order chi connectivity index (χ1) is 7.27. The normalized spacial score (nSPS) is 12.7. The molecule has 0 saturated carbocycles. The van der Waals surface area contributed by atoms with Crippen LogP contribution in [0.5, 0.6) is 0 Å². The Morgan fingerprint density at radius 1 is 1.20 bits per heavy atom. The van der Waals surface area contributed by atoms with Crippen molar-refractivity contribution in [2.24, 2.45) is 5.73 Å². The molecular weight excluding hydrogens is 202 g/mol. The highest BCUT2D eigenvalue weighted by Gasteiger charge is 2.02. The van der Waals surface area contributed by atoms with E-state index in [-0.39, 0.29) is 6.04 Å². The van der Waals surface area contributed by atoms with Gasteiger partial charge in [-0.25, -0.2) is 0 Å². The van der Waals surface area contributed by atoms with Gasteiger partial charge in [-0.3, -0.25) is 0 Å². The fourth-order valence-corrected chi connectivity index (χ4v) is 2.38. The molecular formula is C13H21NS. The number of thioether (sulfide) groups is 1. The minimum Gasteiger partial charge on any atom is -0.324 e. The number of unbranched alkanes of at least 4 members (excludes halogenated alkanes) is 1. The van der Waals surface area contributed by atoms with Crippen LogP contribution in [0.3, 0.4) is 0 Å². The quantitative estimate of drug-likeness (QED) is 0.583. The van der Waals surface area contributed by atoms with Gasteiger partial charge in [-0.05, 0) is 36.3 Å². The van der Waals surface area contributed by atoms with Gasteiger partial charge < -0.3 is 5.73 Å². The second kappa shape index (κ2) is 6.91. The first-order valence-electron chi connectivity index (χ1n) is 5.76. The van der Waals surface area contributed by atoms with Gasteiger partial charge in [0.25, 0.3) is 0 Å². The standard InChI is InChI=1S/C13H21NS/c1-3-5-10-15-12-8-6-11(7-9-12)13(14)4-2/h6-9,13H,3-5,10,14H2,1-2H3. The molecule has 15 heavy (non-hydrogen) atoms. The highest BCUT2D eigenvalue weighted by Crippen LogP contribution is 2.22. The van der Waals surface area contributed by atoms with E-state index in [0.29, 0.717) is 0 Å². The molecule has 0 aliphatic rings. The van der Waals surface area contributed by atoms with Crippen LogP contribution in [0.15, 0.2) is 29.2 Å². The molecule has 0 aliphatic heterocycles. The van der Waals surface area contributed by atoms with Gasteiger partial charge in [0.15, 0.2) is 0 Å².